The number of carbonyl (C=O) groups excluding carboxylic acids is 1. The summed E-state index contributed by atoms with van der Waals surface area (Å²) in [5, 5.41) is 2.98. The summed E-state index contributed by atoms with van der Waals surface area (Å²) in [5.74, 6) is -0.352. The fourth-order valence-corrected chi connectivity index (χ4v) is 2.24. The molecule has 1 heterocycles. The van der Waals surface area contributed by atoms with Gasteiger partial charge < -0.3 is 15.0 Å². The maximum absolute atomic E-state index is 12.3. The molecule has 0 saturated carbocycles. The Morgan fingerprint density at radius 3 is 2.61 bits per heavy atom. The van der Waals surface area contributed by atoms with Gasteiger partial charge in [-0.25, -0.2) is 8.42 Å². The number of nitrogens with one attached hydrogen (secondary N) is 1. The highest BCUT2D eigenvalue weighted by Gasteiger charge is 2.42. The molecule has 0 bridgehead atoms. The van der Waals surface area contributed by atoms with Gasteiger partial charge in [0.15, 0.2) is 9.84 Å². The molecule has 0 aromatic carbocycles. The normalized spacial score (nSPS) is 22.0. The fraction of sp³-hybridized carbons (Fsp3) is 0.909. The second kappa shape index (κ2) is 5.54. The monoisotopic (exact) mass is 278 g/mol. The number of likely N-dealkylation sites (N-methyl/N-ethyl adjacent to an activating group) is 1. The molecule has 6 nitrogen and oxygen atoms in total. The summed E-state index contributed by atoms with van der Waals surface area (Å²) < 4.78 is 27.4. The fourth-order valence-electron chi connectivity index (χ4n) is 1.79. The van der Waals surface area contributed by atoms with Crippen LogP contribution < -0.4 is 5.32 Å². The first-order valence-corrected chi connectivity index (χ1v) is 7.84. The Labute approximate surface area is 109 Å². The summed E-state index contributed by atoms with van der Waals surface area (Å²) in [5.41, 5.74) is 0. The predicted octanol–water partition coefficient (Wildman–Crippen LogP) is -0.744. The molecule has 1 amide bonds. The van der Waals surface area contributed by atoms with E-state index in [2.05, 4.69) is 5.32 Å². The lowest BCUT2D eigenvalue weighted by atomic mass is 10.1. The van der Waals surface area contributed by atoms with Gasteiger partial charge in [-0.15, -0.1) is 0 Å². The number of amides is 1. The molecule has 0 radical (unpaired) electrons. The van der Waals surface area contributed by atoms with Crippen LogP contribution in [0.25, 0.3) is 0 Å². The van der Waals surface area contributed by atoms with E-state index in [0.29, 0.717) is 26.2 Å². The predicted molar refractivity (Wildman–Crippen MR) is 69.2 cm³/mol. The molecule has 1 fully saturated rings. The summed E-state index contributed by atoms with van der Waals surface area (Å²) >= 11 is 0. The van der Waals surface area contributed by atoms with Crippen LogP contribution in [0.3, 0.4) is 0 Å². The lowest BCUT2D eigenvalue weighted by Crippen LogP contribution is -2.56. The Morgan fingerprint density at radius 1 is 1.50 bits per heavy atom. The molecule has 1 saturated heterocycles. The topological polar surface area (TPSA) is 75.7 Å². The Balaban J connectivity index is 2.78. The van der Waals surface area contributed by atoms with Crippen LogP contribution in [0.15, 0.2) is 0 Å². The molecule has 18 heavy (non-hydrogen) atoms. The Bertz CT molecular complexity index is 403. The van der Waals surface area contributed by atoms with E-state index >= 15 is 0 Å². The third kappa shape index (κ3) is 3.21. The first-order chi connectivity index (χ1) is 8.20. The Morgan fingerprint density at radius 2 is 2.11 bits per heavy atom. The largest absolute Gasteiger partial charge is 0.373 e. The Hall–Kier alpha value is -0.660. The van der Waals surface area contributed by atoms with Crippen LogP contribution in [0.1, 0.15) is 13.8 Å². The van der Waals surface area contributed by atoms with E-state index in [1.165, 1.54) is 13.8 Å². The molecule has 0 spiro atoms. The number of ether oxygens (including phenoxy) is 1. The average molecular weight is 278 g/mol. The molecule has 1 atom stereocenters. The first kappa shape index (κ1) is 15.4. The summed E-state index contributed by atoms with van der Waals surface area (Å²) in [6.07, 6.45) is 1.01. The van der Waals surface area contributed by atoms with Crippen molar-refractivity contribution in [3.8, 4) is 0 Å². The van der Waals surface area contributed by atoms with E-state index in [1.807, 2.05) is 7.05 Å². The zero-order valence-corrected chi connectivity index (χ0v) is 12.2. The van der Waals surface area contributed by atoms with Crippen LogP contribution >= 0.6 is 0 Å². The lowest BCUT2D eigenvalue weighted by Gasteiger charge is -2.36. The van der Waals surface area contributed by atoms with Gasteiger partial charge in [0.2, 0.25) is 5.91 Å². The summed E-state index contributed by atoms with van der Waals surface area (Å²) in [6.45, 7) is 4.86. The summed E-state index contributed by atoms with van der Waals surface area (Å²) in [4.78, 5) is 13.9. The van der Waals surface area contributed by atoms with Gasteiger partial charge in [0, 0.05) is 25.9 Å². The Kier molecular flexibility index (Phi) is 4.74. The van der Waals surface area contributed by atoms with Crippen molar-refractivity contribution in [2.45, 2.75) is 24.7 Å². The SMILES string of the molecule is CNCC1CN(C(=O)C(C)(C)S(C)(=O)=O)CCO1. The van der Waals surface area contributed by atoms with Crippen LogP contribution in [0.2, 0.25) is 0 Å². The third-order valence-corrected chi connectivity index (χ3v) is 5.33. The third-order valence-electron chi connectivity index (χ3n) is 3.30. The smallest absolute Gasteiger partial charge is 0.243 e. The molecule has 0 aliphatic carbocycles. The van der Waals surface area contributed by atoms with Crippen molar-refractivity contribution < 1.29 is 17.9 Å². The van der Waals surface area contributed by atoms with Crippen molar-refractivity contribution in [1.29, 1.82) is 0 Å². The van der Waals surface area contributed by atoms with E-state index in [0.717, 1.165) is 6.26 Å². The molecule has 1 aliphatic heterocycles. The van der Waals surface area contributed by atoms with Gasteiger partial charge in [-0.1, -0.05) is 0 Å². The zero-order chi connectivity index (χ0) is 14.0. The average Bonchev–Trinajstić information content (AvgIpc) is 2.27. The maximum atomic E-state index is 12.3. The molecule has 1 rings (SSSR count). The molecule has 1 unspecified atom stereocenters. The van der Waals surface area contributed by atoms with Crippen molar-refractivity contribution in [1.82, 2.24) is 10.2 Å². The van der Waals surface area contributed by atoms with E-state index in [4.69, 9.17) is 4.74 Å². The molecule has 0 aromatic rings. The number of hydrogen-bond donors (Lipinski definition) is 1. The number of hydrogen-bond acceptors (Lipinski definition) is 5. The number of morpholine rings is 1. The minimum Gasteiger partial charge on any atom is -0.373 e. The van der Waals surface area contributed by atoms with Gasteiger partial charge in [-0.2, -0.15) is 0 Å². The molecule has 106 valence electrons. The summed E-state index contributed by atoms with van der Waals surface area (Å²) in [7, 11) is -1.62. The lowest BCUT2D eigenvalue weighted by molar-refractivity contribution is -0.140. The number of sulfone groups is 1. The minimum absolute atomic E-state index is 0.0805. The van der Waals surface area contributed by atoms with Crippen molar-refractivity contribution >= 4 is 15.7 Å². The molecule has 0 aromatic heterocycles. The molecule has 1 aliphatic rings. The number of carbonyl (C=O) groups is 1. The minimum atomic E-state index is -3.43. The van der Waals surface area contributed by atoms with E-state index in [-0.39, 0.29) is 12.0 Å². The molecular formula is C11H22N2O4S. The second-order valence-electron chi connectivity index (χ2n) is 5.08. The van der Waals surface area contributed by atoms with Crippen molar-refractivity contribution in [2.24, 2.45) is 0 Å². The molecule has 7 heteroatoms. The van der Waals surface area contributed by atoms with E-state index in [9.17, 15) is 13.2 Å². The van der Waals surface area contributed by atoms with Gasteiger partial charge in [-0.3, -0.25) is 4.79 Å². The van der Waals surface area contributed by atoms with Crippen LogP contribution in [0.5, 0.6) is 0 Å². The number of rotatable bonds is 4. The van der Waals surface area contributed by atoms with Crippen LogP contribution in [0, 0.1) is 0 Å². The highest BCUT2D eigenvalue weighted by molar-refractivity contribution is 7.92. The molecule has 1 N–H and O–H groups in total. The standard InChI is InChI=1S/C11H22N2O4S/c1-11(2,18(4,15)16)10(14)13-5-6-17-9(8-13)7-12-3/h9,12H,5-8H2,1-4H3. The summed E-state index contributed by atoms with van der Waals surface area (Å²) in [6, 6.07) is 0. The zero-order valence-electron chi connectivity index (χ0n) is 11.4. The number of nitrogens with zero attached hydrogens (tertiary/aromatic N) is 1. The van der Waals surface area contributed by atoms with Gasteiger partial charge in [0.1, 0.15) is 4.75 Å². The highest BCUT2D eigenvalue weighted by atomic mass is 32.2. The van der Waals surface area contributed by atoms with Gasteiger partial charge in [0.05, 0.1) is 12.7 Å². The van der Waals surface area contributed by atoms with Gasteiger partial charge in [-0.05, 0) is 20.9 Å². The second-order valence-corrected chi connectivity index (χ2v) is 7.65. The van der Waals surface area contributed by atoms with Crippen LogP contribution in [0.4, 0.5) is 0 Å². The maximum Gasteiger partial charge on any atom is 0.243 e. The van der Waals surface area contributed by atoms with E-state index in [1.54, 1.807) is 4.90 Å². The van der Waals surface area contributed by atoms with Crippen molar-refractivity contribution in [3.05, 3.63) is 0 Å². The van der Waals surface area contributed by atoms with Crippen molar-refractivity contribution in [3.63, 3.8) is 0 Å². The first-order valence-electron chi connectivity index (χ1n) is 5.95. The van der Waals surface area contributed by atoms with Gasteiger partial charge in [0.25, 0.3) is 0 Å². The quantitative estimate of drug-likeness (QED) is 0.733. The van der Waals surface area contributed by atoms with Crippen LogP contribution in [-0.2, 0) is 19.4 Å². The highest BCUT2D eigenvalue weighted by Crippen LogP contribution is 2.20. The van der Waals surface area contributed by atoms with Crippen LogP contribution in [-0.4, -0.2) is 69.6 Å². The van der Waals surface area contributed by atoms with Crippen molar-refractivity contribution in [2.75, 3.05) is 39.5 Å². The van der Waals surface area contributed by atoms with Gasteiger partial charge >= 0.3 is 0 Å². The molecular weight excluding hydrogens is 256 g/mol. The van der Waals surface area contributed by atoms with E-state index < -0.39 is 14.6 Å².